The topological polar surface area (TPSA) is 55.8 Å². The molecule has 2 atom stereocenters. The van der Waals surface area contributed by atoms with E-state index in [2.05, 4.69) is 4.74 Å². The van der Waals surface area contributed by atoms with Gasteiger partial charge in [0.2, 0.25) is 0 Å². The maximum atomic E-state index is 11.3. The van der Waals surface area contributed by atoms with Crippen LogP contribution in [0, 0.1) is 0 Å². The molecule has 0 bridgehead atoms. The van der Waals surface area contributed by atoms with Gasteiger partial charge in [0.25, 0.3) is 0 Å². The molecule has 2 unspecified atom stereocenters. The van der Waals surface area contributed by atoms with Crippen LogP contribution in [-0.4, -0.2) is 31.4 Å². The maximum absolute atomic E-state index is 11.3. The van der Waals surface area contributed by atoms with Crippen molar-refractivity contribution in [2.45, 2.75) is 25.4 Å². The van der Waals surface area contributed by atoms with Crippen LogP contribution >= 0.6 is 0 Å². The number of aliphatic hydroxyl groups excluding tert-OH is 1. The highest BCUT2D eigenvalue weighted by Crippen LogP contribution is 2.26. The fourth-order valence-corrected chi connectivity index (χ4v) is 1.78. The predicted octanol–water partition coefficient (Wildman–Crippen LogP) is 1.72. The molecule has 0 aromatic heterocycles. The highest BCUT2D eigenvalue weighted by Gasteiger charge is 2.26. The summed E-state index contributed by atoms with van der Waals surface area (Å²) < 4.78 is 9.61. The summed E-state index contributed by atoms with van der Waals surface area (Å²) in [6, 6.07) is 7.31. The summed E-state index contributed by atoms with van der Waals surface area (Å²) in [7, 11) is 2.86. The van der Waals surface area contributed by atoms with Crippen LogP contribution in [0.3, 0.4) is 0 Å². The Hall–Kier alpha value is -1.55. The average molecular weight is 238 g/mol. The largest absolute Gasteiger partial charge is 0.497 e. The van der Waals surface area contributed by atoms with Gasteiger partial charge in [-0.1, -0.05) is 19.1 Å². The molecule has 0 spiro atoms. The van der Waals surface area contributed by atoms with Crippen molar-refractivity contribution in [1.82, 2.24) is 0 Å². The van der Waals surface area contributed by atoms with Gasteiger partial charge in [0.1, 0.15) is 5.75 Å². The van der Waals surface area contributed by atoms with Gasteiger partial charge in [-0.2, -0.15) is 0 Å². The molecule has 0 fully saturated rings. The van der Waals surface area contributed by atoms with Gasteiger partial charge in [0, 0.05) is 5.92 Å². The van der Waals surface area contributed by atoms with Gasteiger partial charge in [-0.3, -0.25) is 0 Å². The zero-order chi connectivity index (χ0) is 12.8. The van der Waals surface area contributed by atoms with Gasteiger partial charge in [-0.25, -0.2) is 4.79 Å². The molecule has 4 heteroatoms. The minimum absolute atomic E-state index is 0.256. The van der Waals surface area contributed by atoms with Crippen LogP contribution < -0.4 is 4.74 Å². The summed E-state index contributed by atoms with van der Waals surface area (Å²) in [4.78, 5) is 11.3. The molecular formula is C13H18O4. The highest BCUT2D eigenvalue weighted by molar-refractivity contribution is 5.75. The summed E-state index contributed by atoms with van der Waals surface area (Å²) in [5.74, 6) is -0.114. The molecule has 0 heterocycles. The number of esters is 1. The molecule has 1 aromatic rings. The van der Waals surface area contributed by atoms with Crippen LogP contribution in [-0.2, 0) is 9.53 Å². The lowest BCUT2D eigenvalue weighted by molar-refractivity contribution is -0.151. The number of hydrogen-bond donors (Lipinski definition) is 1. The van der Waals surface area contributed by atoms with Crippen molar-refractivity contribution in [3.8, 4) is 5.75 Å². The van der Waals surface area contributed by atoms with Gasteiger partial charge in [-0.05, 0) is 24.1 Å². The lowest BCUT2D eigenvalue weighted by atomic mass is 9.91. The second kappa shape index (κ2) is 6.25. The number of benzene rings is 1. The third-order valence-corrected chi connectivity index (χ3v) is 2.81. The Labute approximate surface area is 101 Å². The second-order valence-electron chi connectivity index (χ2n) is 3.76. The number of carbonyl (C=O) groups is 1. The van der Waals surface area contributed by atoms with Gasteiger partial charge >= 0.3 is 5.97 Å². The molecule has 4 nitrogen and oxygen atoms in total. The predicted molar refractivity (Wildman–Crippen MR) is 64.0 cm³/mol. The molecule has 0 saturated carbocycles. The quantitative estimate of drug-likeness (QED) is 0.794. The number of carbonyl (C=O) groups excluding carboxylic acids is 1. The van der Waals surface area contributed by atoms with Crippen molar-refractivity contribution >= 4 is 5.97 Å². The molecule has 1 rings (SSSR count). The van der Waals surface area contributed by atoms with Gasteiger partial charge in [-0.15, -0.1) is 0 Å². The first-order valence-electron chi connectivity index (χ1n) is 5.53. The van der Waals surface area contributed by atoms with Gasteiger partial charge < -0.3 is 14.6 Å². The van der Waals surface area contributed by atoms with Crippen LogP contribution in [0.15, 0.2) is 24.3 Å². The number of aliphatic hydroxyl groups is 1. The molecular weight excluding hydrogens is 220 g/mol. The first-order valence-corrected chi connectivity index (χ1v) is 5.53. The van der Waals surface area contributed by atoms with E-state index < -0.39 is 12.1 Å². The van der Waals surface area contributed by atoms with Crippen LogP contribution in [0.2, 0.25) is 0 Å². The van der Waals surface area contributed by atoms with E-state index in [9.17, 15) is 9.90 Å². The number of methoxy groups -OCH3 is 2. The molecule has 1 N–H and O–H groups in total. The zero-order valence-electron chi connectivity index (χ0n) is 10.3. The summed E-state index contributed by atoms with van der Waals surface area (Å²) >= 11 is 0. The van der Waals surface area contributed by atoms with E-state index in [4.69, 9.17) is 4.74 Å². The smallest absolute Gasteiger partial charge is 0.335 e. The summed E-state index contributed by atoms with van der Waals surface area (Å²) in [5.41, 5.74) is 0.895. The third-order valence-electron chi connectivity index (χ3n) is 2.81. The fraction of sp³-hybridized carbons (Fsp3) is 0.462. The molecule has 0 aliphatic rings. The standard InChI is InChI=1S/C13H18O4/c1-4-11(12(14)13(15)17-3)9-5-7-10(16-2)8-6-9/h5-8,11-12,14H,4H2,1-3H3. The Kier molecular flexibility index (Phi) is 4.97. The molecule has 0 aliphatic carbocycles. The van der Waals surface area contributed by atoms with Crippen molar-refractivity contribution in [1.29, 1.82) is 0 Å². The Morgan fingerprint density at radius 3 is 2.29 bits per heavy atom. The van der Waals surface area contributed by atoms with E-state index in [0.29, 0.717) is 6.42 Å². The Morgan fingerprint density at radius 2 is 1.88 bits per heavy atom. The van der Waals surface area contributed by atoms with Crippen molar-refractivity contribution in [2.24, 2.45) is 0 Å². The third kappa shape index (κ3) is 3.20. The lowest BCUT2D eigenvalue weighted by Crippen LogP contribution is -2.28. The molecule has 0 radical (unpaired) electrons. The summed E-state index contributed by atoms with van der Waals surface area (Å²) in [6.45, 7) is 1.92. The Morgan fingerprint density at radius 1 is 1.29 bits per heavy atom. The van der Waals surface area contributed by atoms with Crippen LogP contribution in [0.5, 0.6) is 5.75 Å². The molecule has 0 amide bonds. The van der Waals surface area contributed by atoms with Crippen LogP contribution in [0.4, 0.5) is 0 Å². The van der Waals surface area contributed by atoms with Crippen LogP contribution in [0.25, 0.3) is 0 Å². The first-order chi connectivity index (χ1) is 8.13. The van der Waals surface area contributed by atoms with E-state index in [0.717, 1.165) is 11.3 Å². The SMILES string of the molecule is CCC(c1ccc(OC)cc1)C(O)C(=O)OC. The average Bonchev–Trinajstić information content (AvgIpc) is 2.39. The van der Waals surface area contributed by atoms with Gasteiger partial charge in [0.15, 0.2) is 6.10 Å². The van der Waals surface area contributed by atoms with E-state index in [-0.39, 0.29) is 5.92 Å². The maximum Gasteiger partial charge on any atom is 0.335 e. The Balaban J connectivity index is 2.89. The van der Waals surface area contributed by atoms with Crippen molar-refractivity contribution in [3.63, 3.8) is 0 Å². The molecule has 0 aliphatic heterocycles. The van der Waals surface area contributed by atoms with Gasteiger partial charge in [0.05, 0.1) is 14.2 Å². The van der Waals surface area contributed by atoms with Crippen molar-refractivity contribution < 1.29 is 19.4 Å². The van der Waals surface area contributed by atoms with Crippen molar-refractivity contribution in [2.75, 3.05) is 14.2 Å². The molecule has 1 aromatic carbocycles. The second-order valence-corrected chi connectivity index (χ2v) is 3.76. The number of hydrogen-bond acceptors (Lipinski definition) is 4. The summed E-state index contributed by atoms with van der Waals surface area (Å²) in [6.07, 6.45) is -0.471. The van der Waals surface area contributed by atoms with E-state index in [1.165, 1.54) is 7.11 Å². The fourth-order valence-electron chi connectivity index (χ4n) is 1.78. The minimum atomic E-state index is -1.13. The first kappa shape index (κ1) is 13.5. The zero-order valence-corrected chi connectivity index (χ0v) is 10.3. The lowest BCUT2D eigenvalue weighted by Gasteiger charge is -2.20. The van der Waals surface area contributed by atoms with Crippen LogP contribution in [0.1, 0.15) is 24.8 Å². The van der Waals surface area contributed by atoms with E-state index in [1.54, 1.807) is 7.11 Å². The molecule has 94 valence electrons. The number of ether oxygens (including phenoxy) is 2. The Bertz CT molecular complexity index is 358. The number of rotatable bonds is 5. The molecule has 0 saturated heterocycles. The normalized spacial score (nSPS) is 13.9. The van der Waals surface area contributed by atoms with Crippen molar-refractivity contribution in [3.05, 3.63) is 29.8 Å². The van der Waals surface area contributed by atoms with E-state index in [1.807, 2.05) is 31.2 Å². The monoisotopic (exact) mass is 238 g/mol. The molecule has 17 heavy (non-hydrogen) atoms. The van der Waals surface area contributed by atoms with E-state index >= 15 is 0 Å². The summed E-state index contributed by atoms with van der Waals surface area (Å²) in [5, 5.41) is 9.85. The highest BCUT2D eigenvalue weighted by atomic mass is 16.5. The minimum Gasteiger partial charge on any atom is -0.497 e.